The number of nitrogens with one attached hydrogen (secondary N) is 2. The molecule has 0 saturated heterocycles. The first-order chi connectivity index (χ1) is 11.0. The second-order valence-corrected chi connectivity index (χ2v) is 6.90. The number of hydrogen-bond acceptors (Lipinski definition) is 5. The van der Waals surface area contributed by atoms with Crippen molar-refractivity contribution in [2.75, 3.05) is 0 Å². The Morgan fingerprint density at radius 1 is 1.57 bits per heavy atom. The van der Waals surface area contributed by atoms with Gasteiger partial charge in [0, 0.05) is 35.5 Å². The predicted molar refractivity (Wildman–Crippen MR) is 91.8 cm³/mol. The molecular weight excluding hydrogens is 334 g/mol. The highest BCUT2D eigenvalue weighted by molar-refractivity contribution is 7.14. The minimum absolute atomic E-state index is 0.133. The fraction of sp³-hybridized carbons (Fsp3) is 0.267. The van der Waals surface area contributed by atoms with Crippen molar-refractivity contribution in [2.45, 2.75) is 25.3 Å². The number of aliphatic imine (C=N–C) groups is 1. The predicted octanol–water partition coefficient (Wildman–Crippen LogP) is 2.80. The third kappa shape index (κ3) is 2.83. The quantitative estimate of drug-likeness (QED) is 0.380. The number of fused-ring (bicyclic) bond motifs is 1. The van der Waals surface area contributed by atoms with Crippen LogP contribution in [0.2, 0.25) is 4.34 Å². The number of hydrogen-bond donors (Lipinski definition) is 4. The molecule has 0 aromatic carbocycles. The number of rotatable bonds is 2. The smallest absolute Gasteiger partial charge is 0.213 e. The van der Waals surface area contributed by atoms with Crippen LogP contribution in [0.15, 0.2) is 28.7 Å². The summed E-state index contributed by atoms with van der Waals surface area (Å²) in [7, 11) is 0. The van der Waals surface area contributed by atoms with Gasteiger partial charge in [0.25, 0.3) is 0 Å². The monoisotopic (exact) mass is 349 g/mol. The molecule has 2 unspecified atom stereocenters. The van der Waals surface area contributed by atoms with Crippen molar-refractivity contribution < 1.29 is 5.21 Å². The molecule has 1 aliphatic carbocycles. The van der Waals surface area contributed by atoms with Crippen molar-refractivity contribution >= 4 is 34.6 Å². The first-order valence-corrected chi connectivity index (χ1v) is 8.27. The molecule has 0 fully saturated rings. The number of nitrogens with two attached hydrogens (primary N) is 1. The molecule has 3 rings (SSSR count). The Balaban J connectivity index is 2.14. The summed E-state index contributed by atoms with van der Waals surface area (Å²) in [5.41, 5.74) is 11.5. The van der Waals surface area contributed by atoms with Crippen LogP contribution < -0.4 is 11.2 Å². The largest absolute Gasteiger partial charge is 0.368 e. The minimum atomic E-state index is -0.590. The number of aryl methyl sites for hydroxylation is 1. The Morgan fingerprint density at radius 2 is 2.35 bits per heavy atom. The van der Waals surface area contributed by atoms with Crippen molar-refractivity contribution in [1.82, 2.24) is 10.5 Å². The Morgan fingerprint density at radius 3 is 3.00 bits per heavy atom. The molecule has 0 aliphatic heterocycles. The summed E-state index contributed by atoms with van der Waals surface area (Å²) >= 11 is 7.71. The van der Waals surface area contributed by atoms with Crippen molar-refractivity contribution in [1.29, 1.82) is 5.41 Å². The van der Waals surface area contributed by atoms with Crippen LogP contribution >= 0.6 is 22.9 Å². The Bertz CT molecular complexity index is 788. The second kappa shape index (κ2) is 6.27. The highest BCUT2D eigenvalue weighted by atomic mass is 35.5. The summed E-state index contributed by atoms with van der Waals surface area (Å²) in [6, 6.07) is 3.23. The topological polar surface area (TPSA) is 107 Å². The van der Waals surface area contributed by atoms with Gasteiger partial charge in [0.15, 0.2) is 0 Å². The van der Waals surface area contributed by atoms with Gasteiger partial charge in [0.05, 0.1) is 4.34 Å². The molecule has 2 aromatic rings. The normalized spacial score (nSPS) is 21.2. The number of nitrogens with zero attached hydrogens (tertiary/aromatic N) is 2. The molecular formula is C15H16ClN5OS. The second-order valence-electron chi connectivity index (χ2n) is 5.38. The summed E-state index contributed by atoms with van der Waals surface area (Å²) in [6.45, 7) is 1.96. The summed E-state index contributed by atoms with van der Waals surface area (Å²) < 4.78 is 0.673. The molecule has 120 valence electrons. The summed E-state index contributed by atoms with van der Waals surface area (Å²) in [5, 5.41) is 19.5. The zero-order valence-electron chi connectivity index (χ0n) is 12.4. The lowest BCUT2D eigenvalue weighted by atomic mass is 9.77. The van der Waals surface area contributed by atoms with Gasteiger partial charge in [-0.1, -0.05) is 11.6 Å². The Hall–Kier alpha value is -1.96. The molecule has 23 heavy (non-hydrogen) atoms. The van der Waals surface area contributed by atoms with Crippen LogP contribution in [0.4, 0.5) is 0 Å². The highest BCUT2D eigenvalue weighted by Gasteiger charge is 2.36. The summed E-state index contributed by atoms with van der Waals surface area (Å²) in [4.78, 5) is 8.71. The van der Waals surface area contributed by atoms with Gasteiger partial charge in [-0.2, -0.15) is 0 Å². The van der Waals surface area contributed by atoms with Gasteiger partial charge in [0.2, 0.25) is 5.96 Å². The number of guanidine groups is 1. The maximum atomic E-state index is 8.95. The maximum Gasteiger partial charge on any atom is 0.213 e. The van der Waals surface area contributed by atoms with Gasteiger partial charge >= 0.3 is 0 Å². The van der Waals surface area contributed by atoms with Crippen LogP contribution in [0, 0.1) is 12.3 Å². The minimum Gasteiger partial charge on any atom is -0.368 e. The van der Waals surface area contributed by atoms with Gasteiger partial charge in [-0.25, -0.2) is 10.5 Å². The number of halogens is 1. The van der Waals surface area contributed by atoms with Gasteiger partial charge in [-0.15, -0.1) is 11.3 Å². The molecule has 0 radical (unpaired) electrons. The van der Waals surface area contributed by atoms with Gasteiger partial charge in [-0.05, 0) is 35.6 Å². The van der Waals surface area contributed by atoms with Crippen molar-refractivity contribution in [3.8, 4) is 0 Å². The molecule has 2 atom stereocenters. The summed E-state index contributed by atoms with van der Waals surface area (Å²) in [5.74, 6) is -0.332. The first kappa shape index (κ1) is 15.9. The lowest BCUT2D eigenvalue weighted by Gasteiger charge is -2.31. The number of aromatic nitrogens is 1. The SMILES string of the molecule is Cc1ccnc2c1C(N=C(N)NO)C(=N)C(c1ccsc1Cl)C2. The van der Waals surface area contributed by atoms with E-state index in [1.807, 2.05) is 29.9 Å². The molecule has 2 aromatic heterocycles. The van der Waals surface area contributed by atoms with Gasteiger partial charge in [0.1, 0.15) is 6.04 Å². The summed E-state index contributed by atoms with van der Waals surface area (Å²) in [6.07, 6.45) is 2.36. The van der Waals surface area contributed by atoms with Crippen LogP contribution in [0.1, 0.15) is 34.3 Å². The molecule has 2 heterocycles. The van der Waals surface area contributed by atoms with E-state index in [1.54, 1.807) is 6.20 Å². The third-order valence-corrected chi connectivity index (χ3v) is 5.24. The van der Waals surface area contributed by atoms with E-state index in [2.05, 4.69) is 9.98 Å². The molecule has 0 bridgehead atoms. The van der Waals surface area contributed by atoms with E-state index in [1.165, 1.54) is 11.3 Å². The van der Waals surface area contributed by atoms with E-state index in [0.29, 0.717) is 16.5 Å². The maximum absolute atomic E-state index is 8.95. The standard InChI is InChI=1S/C15H16ClN5OS/c1-7-2-4-19-10-6-9(8-3-5-23-14(8)16)12(17)13(11(7)10)20-15(18)21-22/h2-5,9,13,17,22H,6H2,1H3,(H3,18,20,21). The number of thiophene rings is 1. The average molecular weight is 350 g/mol. The van der Waals surface area contributed by atoms with E-state index in [4.69, 9.17) is 28.0 Å². The van der Waals surface area contributed by atoms with Crippen molar-refractivity contribution in [2.24, 2.45) is 10.7 Å². The van der Waals surface area contributed by atoms with Gasteiger partial charge in [-0.3, -0.25) is 10.2 Å². The van der Waals surface area contributed by atoms with Crippen LogP contribution in [-0.4, -0.2) is 21.9 Å². The molecule has 0 saturated carbocycles. The molecule has 1 aliphatic rings. The lowest BCUT2D eigenvalue weighted by Crippen LogP contribution is -2.34. The van der Waals surface area contributed by atoms with Crippen LogP contribution in [-0.2, 0) is 6.42 Å². The van der Waals surface area contributed by atoms with E-state index in [9.17, 15) is 0 Å². The fourth-order valence-electron chi connectivity index (χ4n) is 2.94. The Labute approximate surface area is 142 Å². The van der Waals surface area contributed by atoms with Gasteiger partial charge < -0.3 is 11.1 Å². The fourth-order valence-corrected chi connectivity index (χ4v) is 3.97. The molecule has 0 spiro atoms. The number of pyridine rings is 1. The van der Waals surface area contributed by atoms with E-state index < -0.39 is 6.04 Å². The molecule has 6 nitrogen and oxygen atoms in total. The van der Waals surface area contributed by atoms with E-state index in [-0.39, 0.29) is 11.9 Å². The Kier molecular flexibility index (Phi) is 4.34. The zero-order chi connectivity index (χ0) is 16.6. The van der Waals surface area contributed by atoms with Crippen molar-refractivity contribution in [3.63, 3.8) is 0 Å². The van der Waals surface area contributed by atoms with E-state index >= 15 is 0 Å². The van der Waals surface area contributed by atoms with E-state index in [0.717, 1.165) is 22.4 Å². The molecule has 8 heteroatoms. The average Bonchev–Trinajstić information content (AvgIpc) is 2.95. The first-order valence-electron chi connectivity index (χ1n) is 7.02. The van der Waals surface area contributed by atoms with Crippen LogP contribution in [0.3, 0.4) is 0 Å². The third-order valence-electron chi connectivity index (χ3n) is 4.04. The van der Waals surface area contributed by atoms with Crippen LogP contribution in [0.5, 0.6) is 0 Å². The molecule has 0 amide bonds. The van der Waals surface area contributed by atoms with Crippen molar-refractivity contribution in [3.05, 3.63) is 50.4 Å². The lowest BCUT2D eigenvalue weighted by molar-refractivity contribution is 0.232. The van der Waals surface area contributed by atoms with Crippen LogP contribution in [0.25, 0.3) is 0 Å². The number of hydroxylamine groups is 1. The molecule has 5 N–H and O–H groups in total. The highest BCUT2D eigenvalue weighted by Crippen LogP contribution is 2.41. The zero-order valence-corrected chi connectivity index (χ0v) is 13.9.